The molecule has 4 aliphatic rings. The maximum atomic E-state index is 11.9. The molecule has 4 fully saturated rings. The first-order valence-electron chi connectivity index (χ1n) is 11.3. The summed E-state index contributed by atoms with van der Waals surface area (Å²) in [5.41, 5.74) is -1.68. The third kappa shape index (κ3) is 4.83. The average molecular weight is 487 g/mol. The molecule has 4 rings (SSSR count). The van der Waals surface area contributed by atoms with E-state index in [9.17, 15) is 9.90 Å². The second kappa shape index (κ2) is 9.25. The van der Waals surface area contributed by atoms with Gasteiger partial charge in [0.1, 0.15) is 36.1 Å². The highest BCUT2D eigenvalue weighted by atomic mass is 16.8. The number of carbonyl (C=O) groups excluding carboxylic acids is 1. The van der Waals surface area contributed by atoms with E-state index in [2.05, 4.69) is 13.2 Å². The Kier molecular flexibility index (Phi) is 7.41. The fraction of sp³-hybridized carbons (Fsp3) is 0.792. The number of aliphatic hydroxyl groups is 1. The summed E-state index contributed by atoms with van der Waals surface area (Å²) < 4.78 is 44.4. The highest BCUT2D eigenvalue weighted by Crippen LogP contribution is 2.42. The van der Waals surface area contributed by atoms with Crippen LogP contribution in [-0.2, 0) is 42.7 Å². The molecule has 0 bridgehead atoms. The van der Waals surface area contributed by atoms with Crippen molar-refractivity contribution in [2.24, 2.45) is 0 Å². The van der Waals surface area contributed by atoms with Crippen molar-refractivity contribution in [1.82, 2.24) is 0 Å². The van der Waals surface area contributed by atoms with Gasteiger partial charge in [-0.3, -0.25) is 0 Å². The molecule has 0 aliphatic carbocycles. The van der Waals surface area contributed by atoms with E-state index in [1.54, 1.807) is 61.0 Å². The van der Waals surface area contributed by atoms with Crippen LogP contribution in [0.15, 0.2) is 25.3 Å². The smallest absolute Gasteiger partial charge is 0.339 e. The third-order valence-corrected chi connectivity index (χ3v) is 6.55. The Bertz CT molecular complexity index is 797. The first kappa shape index (κ1) is 27.2. The van der Waals surface area contributed by atoms with Crippen LogP contribution in [0, 0.1) is 0 Å². The Morgan fingerprint density at radius 1 is 0.765 bits per heavy atom. The topological polar surface area (TPSA) is 111 Å². The van der Waals surface area contributed by atoms with Gasteiger partial charge in [-0.25, -0.2) is 4.79 Å². The van der Waals surface area contributed by atoms with E-state index in [0.29, 0.717) is 0 Å². The van der Waals surface area contributed by atoms with Crippen molar-refractivity contribution in [3.8, 4) is 0 Å². The van der Waals surface area contributed by atoms with E-state index in [1.807, 2.05) is 6.92 Å². The predicted octanol–water partition coefficient (Wildman–Crippen LogP) is 1.84. The van der Waals surface area contributed by atoms with Crippen molar-refractivity contribution in [2.75, 3.05) is 14.2 Å². The van der Waals surface area contributed by atoms with E-state index in [-0.39, 0.29) is 12.2 Å². The normalized spacial score (nSPS) is 46.4. The monoisotopic (exact) mass is 486 g/mol. The summed E-state index contributed by atoms with van der Waals surface area (Å²) in [5, 5.41) is 9.96. The van der Waals surface area contributed by atoms with Crippen molar-refractivity contribution in [3.63, 3.8) is 0 Å². The first-order valence-corrected chi connectivity index (χ1v) is 11.3. The zero-order chi connectivity index (χ0) is 25.7. The molecule has 194 valence electrons. The molecule has 10 heteroatoms. The highest BCUT2D eigenvalue weighted by Gasteiger charge is 2.60. The second-order valence-electron chi connectivity index (χ2n) is 10.1. The summed E-state index contributed by atoms with van der Waals surface area (Å²) in [6.45, 7) is 18.1. The second-order valence-corrected chi connectivity index (χ2v) is 10.1. The molecule has 0 saturated carbocycles. The lowest BCUT2D eigenvalue weighted by molar-refractivity contribution is -0.282. The van der Waals surface area contributed by atoms with Gasteiger partial charge < -0.3 is 43.0 Å². The van der Waals surface area contributed by atoms with Crippen LogP contribution in [0.4, 0.5) is 0 Å². The molecule has 7 unspecified atom stereocenters. The number of methoxy groups -OCH3 is 2. The standard InChI is InChI=1S/C12H20O5.C12H18O5/c2*1-6-12(4)9(14-5)7-8(10(13)17-12)16-11(2,3)15-7/h6-10,13H,1H2,2-5H3;6-9H,1H2,2-5H3/t7?,8?,9?,10?,12-;7?,8?,9?,12-/m00/s1. The Morgan fingerprint density at radius 2 is 1.24 bits per heavy atom. The number of hydrogen-bond acceptors (Lipinski definition) is 10. The molecule has 4 heterocycles. The molecule has 34 heavy (non-hydrogen) atoms. The zero-order valence-electron chi connectivity index (χ0n) is 21.2. The minimum Gasteiger partial charge on any atom is -0.450 e. The number of fused-ring (bicyclic) bond motifs is 2. The number of aliphatic hydroxyl groups excluding tert-OH is 1. The maximum absolute atomic E-state index is 11.9. The summed E-state index contributed by atoms with van der Waals surface area (Å²) >= 11 is 0. The molecular formula is C24H38O10. The van der Waals surface area contributed by atoms with E-state index in [4.69, 9.17) is 37.9 Å². The number of ether oxygens (including phenoxy) is 8. The van der Waals surface area contributed by atoms with Crippen molar-refractivity contribution < 1.29 is 47.8 Å². The Labute approximate surface area is 201 Å². The summed E-state index contributed by atoms with van der Waals surface area (Å²) in [4.78, 5) is 11.9. The summed E-state index contributed by atoms with van der Waals surface area (Å²) in [5.74, 6) is -1.99. The van der Waals surface area contributed by atoms with Crippen LogP contribution < -0.4 is 0 Å². The van der Waals surface area contributed by atoms with Gasteiger partial charge in [0.2, 0.25) is 0 Å². The number of hydrogen-bond donors (Lipinski definition) is 1. The summed E-state index contributed by atoms with van der Waals surface area (Å²) in [6, 6.07) is 0. The van der Waals surface area contributed by atoms with Crippen molar-refractivity contribution in [2.45, 2.75) is 107 Å². The molecule has 0 aromatic rings. The molecule has 0 amide bonds. The van der Waals surface area contributed by atoms with E-state index < -0.39 is 59.5 Å². The lowest BCUT2D eigenvalue weighted by Crippen LogP contribution is -2.61. The van der Waals surface area contributed by atoms with E-state index >= 15 is 0 Å². The summed E-state index contributed by atoms with van der Waals surface area (Å²) in [7, 11) is 3.14. The summed E-state index contributed by atoms with van der Waals surface area (Å²) in [6.07, 6.45) is -0.776. The maximum Gasteiger partial charge on any atom is 0.339 e. The fourth-order valence-corrected chi connectivity index (χ4v) is 4.90. The molecule has 0 aromatic heterocycles. The minimum atomic E-state index is -1.05. The SMILES string of the molecule is C=C[C@]1(C)OC(=O)C2OC(C)(C)OC2C1OC.C=C[C@]1(C)OC(O)C2OC(C)(C)OC2C1OC. The van der Waals surface area contributed by atoms with Gasteiger partial charge in [0.05, 0.1) is 0 Å². The van der Waals surface area contributed by atoms with Gasteiger partial charge >= 0.3 is 5.97 Å². The van der Waals surface area contributed by atoms with Crippen molar-refractivity contribution in [3.05, 3.63) is 25.3 Å². The molecule has 4 aliphatic heterocycles. The van der Waals surface area contributed by atoms with Gasteiger partial charge in [0.15, 0.2) is 29.6 Å². The molecule has 9 atom stereocenters. The molecule has 0 aromatic carbocycles. The molecular weight excluding hydrogens is 448 g/mol. The Balaban J connectivity index is 0.000000191. The van der Waals surface area contributed by atoms with Gasteiger partial charge in [-0.15, -0.1) is 6.58 Å². The molecule has 1 N–H and O–H groups in total. The van der Waals surface area contributed by atoms with Crippen LogP contribution in [0.1, 0.15) is 41.5 Å². The van der Waals surface area contributed by atoms with E-state index in [0.717, 1.165) is 0 Å². The predicted molar refractivity (Wildman–Crippen MR) is 120 cm³/mol. The molecule has 0 spiro atoms. The van der Waals surface area contributed by atoms with Gasteiger partial charge in [0.25, 0.3) is 0 Å². The third-order valence-electron chi connectivity index (χ3n) is 6.55. The number of esters is 1. The highest BCUT2D eigenvalue weighted by molar-refractivity contribution is 5.78. The largest absolute Gasteiger partial charge is 0.450 e. The first-order chi connectivity index (χ1) is 15.7. The zero-order valence-corrected chi connectivity index (χ0v) is 21.2. The Morgan fingerprint density at radius 3 is 1.76 bits per heavy atom. The molecule has 0 radical (unpaired) electrons. The lowest BCUT2D eigenvalue weighted by Gasteiger charge is -2.45. The average Bonchev–Trinajstić information content (AvgIpc) is 3.24. The molecule has 4 saturated heterocycles. The molecule has 10 nitrogen and oxygen atoms in total. The minimum absolute atomic E-state index is 0.366. The van der Waals surface area contributed by atoms with Gasteiger partial charge in [0, 0.05) is 14.2 Å². The van der Waals surface area contributed by atoms with Crippen LogP contribution in [0.25, 0.3) is 0 Å². The fourth-order valence-electron chi connectivity index (χ4n) is 4.90. The number of cyclic esters (lactones) is 1. The van der Waals surface area contributed by atoms with Gasteiger partial charge in [-0.2, -0.15) is 0 Å². The van der Waals surface area contributed by atoms with Crippen LogP contribution in [-0.4, -0.2) is 91.0 Å². The van der Waals surface area contributed by atoms with E-state index in [1.165, 1.54) is 0 Å². The van der Waals surface area contributed by atoms with Crippen LogP contribution in [0.5, 0.6) is 0 Å². The van der Waals surface area contributed by atoms with Crippen LogP contribution >= 0.6 is 0 Å². The van der Waals surface area contributed by atoms with Gasteiger partial charge in [-0.1, -0.05) is 12.7 Å². The number of rotatable bonds is 4. The van der Waals surface area contributed by atoms with Crippen molar-refractivity contribution >= 4 is 5.97 Å². The lowest BCUT2D eigenvalue weighted by atomic mass is 9.88. The van der Waals surface area contributed by atoms with Crippen LogP contribution in [0.2, 0.25) is 0 Å². The number of carbonyl (C=O) groups is 1. The van der Waals surface area contributed by atoms with Crippen molar-refractivity contribution in [1.29, 1.82) is 0 Å². The quantitative estimate of drug-likeness (QED) is 0.467. The van der Waals surface area contributed by atoms with Crippen LogP contribution in [0.3, 0.4) is 0 Å². The van der Waals surface area contributed by atoms with Gasteiger partial charge in [-0.05, 0) is 47.6 Å². The Hall–Kier alpha value is -1.37.